The quantitative estimate of drug-likeness (QED) is 0.705. The van der Waals surface area contributed by atoms with Gasteiger partial charge in [-0.15, -0.1) is 0 Å². The second-order valence-electron chi connectivity index (χ2n) is 6.23. The number of aryl methyl sites for hydroxylation is 1. The Morgan fingerprint density at radius 1 is 1.19 bits per heavy atom. The molecule has 0 bridgehead atoms. The van der Waals surface area contributed by atoms with Crippen LogP contribution in [-0.2, 0) is 16.1 Å². The number of methoxy groups -OCH3 is 1. The summed E-state index contributed by atoms with van der Waals surface area (Å²) in [5.41, 5.74) is 3.98. The lowest BCUT2D eigenvalue weighted by Crippen LogP contribution is -2.35. The molecule has 6 heteroatoms. The van der Waals surface area contributed by atoms with Crippen LogP contribution >= 0.6 is 23.2 Å². The van der Waals surface area contributed by atoms with Crippen molar-refractivity contribution in [3.05, 3.63) is 63.1 Å². The zero-order valence-electron chi connectivity index (χ0n) is 15.3. The average Bonchev–Trinajstić information content (AvgIpc) is 2.59. The normalized spacial score (nSPS) is 11.0. The van der Waals surface area contributed by atoms with Crippen LogP contribution in [0.3, 0.4) is 0 Å². The Bertz CT molecular complexity index is 765. The zero-order chi connectivity index (χ0) is 19.1. The fraction of sp³-hybridized carbons (Fsp3) is 0.350. The van der Waals surface area contributed by atoms with Gasteiger partial charge < -0.3 is 10.1 Å². The second kappa shape index (κ2) is 9.93. The molecule has 140 valence electrons. The highest BCUT2D eigenvalue weighted by atomic mass is 35.5. The first kappa shape index (κ1) is 20.7. The molecule has 0 radical (unpaired) electrons. The van der Waals surface area contributed by atoms with Crippen LogP contribution in [0.25, 0.3) is 0 Å². The summed E-state index contributed by atoms with van der Waals surface area (Å²) in [6.45, 7) is 5.96. The van der Waals surface area contributed by atoms with Crippen molar-refractivity contribution in [3.63, 3.8) is 0 Å². The van der Waals surface area contributed by atoms with Crippen LogP contribution in [0.5, 0.6) is 0 Å². The van der Waals surface area contributed by atoms with E-state index < -0.39 is 0 Å². The summed E-state index contributed by atoms with van der Waals surface area (Å²) in [7, 11) is 1.64. The van der Waals surface area contributed by atoms with Crippen LogP contribution in [0.15, 0.2) is 36.4 Å². The van der Waals surface area contributed by atoms with Gasteiger partial charge in [-0.1, -0.05) is 41.4 Å². The molecular formula is C20H24Cl2N2O2. The summed E-state index contributed by atoms with van der Waals surface area (Å²) in [6.07, 6.45) is 0. The minimum absolute atomic E-state index is 0.0695. The Hall–Kier alpha value is -1.59. The van der Waals surface area contributed by atoms with Gasteiger partial charge in [0.05, 0.1) is 13.2 Å². The Morgan fingerprint density at radius 2 is 1.96 bits per heavy atom. The third-order valence-electron chi connectivity index (χ3n) is 4.27. The predicted octanol–water partition coefficient (Wildman–Crippen LogP) is 4.70. The maximum absolute atomic E-state index is 12.5. The number of nitrogens with one attached hydrogen (secondary N) is 1. The third-order valence-corrected chi connectivity index (χ3v) is 4.85. The Labute approximate surface area is 165 Å². The van der Waals surface area contributed by atoms with Crippen LogP contribution in [0, 0.1) is 13.8 Å². The summed E-state index contributed by atoms with van der Waals surface area (Å²) < 4.78 is 5.17. The lowest BCUT2D eigenvalue weighted by atomic mass is 10.1. The van der Waals surface area contributed by atoms with Crippen molar-refractivity contribution in [2.75, 3.05) is 32.1 Å². The lowest BCUT2D eigenvalue weighted by molar-refractivity contribution is -0.117. The van der Waals surface area contributed by atoms with Crippen LogP contribution in [-0.4, -0.2) is 37.6 Å². The summed E-state index contributed by atoms with van der Waals surface area (Å²) in [5, 5.41) is 4.18. The molecule has 0 aliphatic rings. The van der Waals surface area contributed by atoms with Gasteiger partial charge in [0, 0.05) is 35.9 Å². The van der Waals surface area contributed by atoms with E-state index in [1.807, 2.05) is 43.0 Å². The SMILES string of the molecule is COCCN(CC(=O)Nc1cccc(C)c1C)Cc1ccc(Cl)cc1Cl. The van der Waals surface area contributed by atoms with E-state index in [1.54, 1.807) is 19.2 Å². The average molecular weight is 395 g/mol. The molecule has 0 fully saturated rings. The van der Waals surface area contributed by atoms with Crippen molar-refractivity contribution in [3.8, 4) is 0 Å². The maximum Gasteiger partial charge on any atom is 0.238 e. The summed E-state index contributed by atoms with van der Waals surface area (Å²) in [6, 6.07) is 11.3. The fourth-order valence-corrected chi connectivity index (χ4v) is 3.07. The van der Waals surface area contributed by atoms with E-state index >= 15 is 0 Å². The van der Waals surface area contributed by atoms with E-state index in [9.17, 15) is 4.79 Å². The van der Waals surface area contributed by atoms with E-state index in [1.165, 1.54) is 0 Å². The van der Waals surface area contributed by atoms with E-state index in [0.29, 0.717) is 29.7 Å². The predicted molar refractivity (Wildman–Crippen MR) is 108 cm³/mol. The van der Waals surface area contributed by atoms with Gasteiger partial charge in [0.15, 0.2) is 0 Å². The first-order chi connectivity index (χ1) is 12.4. The van der Waals surface area contributed by atoms with E-state index in [-0.39, 0.29) is 12.5 Å². The summed E-state index contributed by atoms with van der Waals surface area (Å²) in [4.78, 5) is 14.5. The Balaban J connectivity index is 2.06. The zero-order valence-corrected chi connectivity index (χ0v) is 16.8. The number of nitrogens with zero attached hydrogens (tertiary/aromatic N) is 1. The lowest BCUT2D eigenvalue weighted by Gasteiger charge is -2.22. The molecule has 0 saturated carbocycles. The number of amides is 1. The highest BCUT2D eigenvalue weighted by Crippen LogP contribution is 2.22. The number of carbonyl (C=O) groups excluding carboxylic acids is 1. The molecule has 0 unspecified atom stereocenters. The van der Waals surface area contributed by atoms with Crippen molar-refractivity contribution >= 4 is 34.8 Å². The number of hydrogen-bond donors (Lipinski definition) is 1. The van der Waals surface area contributed by atoms with Gasteiger partial charge in [0.25, 0.3) is 0 Å². The molecule has 0 heterocycles. The Morgan fingerprint density at radius 3 is 2.65 bits per heavy atom. The molecule has 0 atom stereocenters. The molecule has 2 rings (SSSR count). The smallest absolute Gasteiger partial charge is 0.238 e. The van der Waals surface area contributed by atoms with Crippen molar-refractivity contribution < 1.29 is 9.53 Å². The number of benzene rings is 2. The standard InChI is InChI=1S/C20H24Cl2N2O2/c1-14-5-4-6-19(15(14)2)23-20(25)13-24(9-10-26-3)12-16-7-8-17(21)11-18(16)22/h4-8,11H,9-10,12-13H2,1-3H3,(H,23,25). The van der Waals surface area contributed by atoms with E-state index in [0.717, 1.165) is 22.4 Å². The first-order valence-corrected chi connectivity index (χ1v) is 9.17. The number of halogens is 2. The molecular weight excluding hydrogens is 371 g/mol. The largest absolute Gasteiger partial charge is 0.383 e. The molecule has 4 nitrogen and oxygen atoms in total. The van der Waals surface area contributed by atoms with Crippen molar-refractivity contribution in [1.82, 2.24) is 4.90 Å². The molecule has 0 spiro atoms. The van der Waals surface area contributed by atoms with E-state index in [2.05, 4.69) is 5.32 Å². The highest BCUT2D eigenvalue weighted by Gasteiger charge is 2.14. The van der Waals surface area contributed by atoms with Crippen LogP contribution in [0.4, 0.5) is 5.69 Å². The van der Waals surface area contributed by atoms with Crippen LogP contribution < -0.4 is 5.32 Å². The summed E-state index contributed by atoms with van der Waals surface area (Å²) in [5.74, 6) is -0.0695. The third kappa shape index (κ3) is 5.99. The van der Waals surface area contributed by atoms with Gasteiger partial charge >= 0.3 is 0 Å². The monoisotopic (exact) mass is 394 g/mol. The topological polar surface area (TPSA) is 41.6 Å². The second-order valence-corrected chi connectivity index (χ2v) is 7.08. The fourth-order valence-electron chi connectivity index (χ4n) is 2.60. The minimum Gasteiger partial charge on any atom is -0.383 e. The molecule has 1 amide bonds. The van der Waals surface area contributed by atoms with Crippen molar-refractivity contribution in [2.24, 2.45) is 0 Å². The van der Waals surface area contributed by atoms with Gasteiger partial charge in [0.2, 0.25) is 5.91 Å². The molecule has 0 aliphatic heterocycles. The molecule has 0 aliphatic carbocycles. The number of rotatable bonds is 8. The van der Waals surface area contributed by atoms with E-state index in [4.69, 9.17) is 27.9 Å². The van der Waals surface area contributed by atoms with Crippen molar-refractivity contribution in [2.45, 2.75) is 20.4 Å². The molecule has 2 aromatic rings. The molecule has 1 N–H and O–H groups in total. The molecule has 2 aromatic carbocycles. The Kier molecular flexibility index (Phi) is 7.91. The molecule has 0 aromatic heterocycles. The maximum atomic E-state index is 12.5. The summed E-state index contributed by atoms with van der Waals surface area (Å²) >= 11 is 12.2. The minimum atomic E-state index is -0.0695. The number of carbonyl (C=O) groups is 1. The van der Waals surface area contributed by atoms with Gasteiger partial charge in [-0.05, 0) is 48.7 Å². The highest BCUT2D eigenvalue weighted by molar-refractivity contribution is 6.35. The first-order valence-electron chi connectivity index (χ1n) is 8.42. The number of hydrogen-bond acceptors (Lipinski definition) is 3. The van der Waals surface area contributed by atoms with Crippen LogP contribution in [0.2, 0.25) is 10.0 Å². The van der Waals surface area contributed by atoms with Gasteiger partial charge in [-0.2, -0.15) is 0 Å². The molecule has 0 saturated heterocycles. The number of anilines is 1. The van der Waals surface area contributed by atoms with Gasteiger partial charge in [-0.25, -0.2) is 0 Å². The van der Waals surface area contributed by atoms with Crippen LogP contribution in [0.1, 0.15) is 16.7 Å². The van der Waals surface area contributed by atoms with Gasteiger partial charge in [0.1, 0.15) is 0 Å². The van der Waals surface area contributed by atoms with Crippen molar-refractivity contribution in [1.29, 1.82) is 0 Å². The molecule has 26 heavy (non-hydrogen) atoms. The van der Waals surface area contributed by atoms with Gasteiger partial charge in [-0.3, -0.25) is 9.69 Å². The number of ether oxygens (including phenoxy) is 1.